The zero-order valence-electron chi connectivity index (χ0n) is 12.6. The molecule has 1 fully saturated rings. The first-order valence-corrected chi connectivity index (χ1v) is 8.75. The van der Waals surface area contributed by atoms with Gasteiger partial charge in [0.25, 0.3) is 0 Å². The van der Waals surface area contributed by atoms with Crippen LogP contribution in [0, 0.1) is 5.92 Å². The molecule has 0 aliphatic heterocycles. The molecule has 2 aromatic rings. The fourth-order valence-electron chi connectivity index (χ4n) is 3.51. The van der Waals surface area contributed by atoms with Crippen LogP contribution in [0.3, 0.4) is 0 Å². The van der Waals surface area contributed by atoms with E-state index in [-0.39, 0.29) is 0 Å². The van der Waals surface area contributed by atoms with E-state index in [0.717, 1.165) is 23.9 Å². The SMILES string of the molecule is Clc1ccc(C(CC2CCCCC2)Cn2cncn2)c(Cl)c1. The summed E-state index contributed by atoms with van der Waals surface area (Å²) in [6.07, 6.45) is 11.3. The van der Waals surface area contributed by atoms with Crippen LogP contribution >= 0.6 is 23.2 Å². The summed E-state index contributed by atoms with van der Waals surface area (Å²) < 4.78 is 1.90. The highest BCUT2D eigenvalue weighted by atomic mass is 35.5. The largest absolute Gasteiger partial charge is 0.252 e. The predicted octanol–water partition coefficient (Wildman–Crippen LogP) is 5.34. The van der Waals surface area contributed by atoms with Crippen molar-refractivity contribution in [3.63, 3.8) is 0 Å². The van der Waals surface area contributed by atoms with Gasteiger partial charge in [0.1, 0.15) is 12.7 Å². The number of benzene rings is 1. The lowest BCUT2D eigenvalue weighted by atomic mass is 9.80. The number of hydrogen-bond acceptors (Lipinski definition) is 2. The Kier molecular flexibility index (Phi) is 5.37. The maximum Gasteiger partial charge on any atom is 0.137 e. The second-order valence-electron chi connectivity index (χ2n) is 6.22. The van der Waals surface area contributed by atoms with E-state index in [1.807, 2.05) is 16.8 Å². The summed E-state index contributed by atoms with van der Waals surface area (Å²) >= 11 is 12.5. The van der Waals surface area contributed by atoms with E-state index in [0.29, 0.717) is 10.9 Å². The Morgan fingerprint density at radius 1 is 1.18 bits per heavy atom. The number of rotatable bonds is 5. The van der Waals surface area contributed by atoms with E-state index >= 15 is 0 Å². The third-order valence-corrected chi connectivity index (χ3v) is 5.18. The molecular formula is C17H21Cl2N3. The van der Waals surface area contributed by atoms with E-state index in [9.17, 15) is 0 Å². The monoisotopic (exact) mass is 337 g/mol. The molecule has 0 spiro atoms. The zero-order valence-corrected chi connectivity index (χ0v) is 14.1. The summed E-state index contributed by atoms with van der Waals surface area (Å²) in [6.45, 7) is 0.817. The Bertz CT molecular complexity index is 592. The van der Waals surface area contributed by atoms with E-state index < -0.39 is 0 Å². The van der Waals surface area contributed by atoms with E-state index in [4.69, 9.17) is 23.2 Å². The summed E-state index contributed by atoms with van der Waals surface area (Å²) in [5.41, 5.74) is 1.17. The summed E-state index contributed by atoms with van der Waals surface area (Å²) in [5, 5.41) is 5.70. The molecule has 3 rings (SSSR count). The lowest BCUT2D eigenvalue weighted by Gasteiger charge is -2.27. The molecule has 1 atom stereocenters. The fourth-order valence-corrected chi connectivity index (χ4v) is 4.07. The van der Waals surface area contributed by atoms with Crippen LogP contribution in [0.4, 0.5) is 0 Å². The van der Waals surface area contributed by atoms with Crippen molar-refractivity contribution >= 4 is 23.2 Å². The molecule has 1 saturated carbocycles. The number of aromatic nitrogens is 3. The lowest BCUT2D eigenvalue weighted by molar-refractivity contribution is 0.303. The van der Waals surface area contributed by atoms with Gasteiger partial charge in [-0.2, -0.15) is 5.10 Å². The van der Waals surface area contributed by atoms with Crippen LogP contribution < -0.4 is 0 Å². The Morgan fingerprint density at radius 2 is 2.00 bits per heavy atom. The van der Waals surface area contributed by atoms with Gasteiger partial charge in [-0.05, 0) is 30.0 Å². The zero-order chi connectivity index (χ0) is 15.4. The number of hydrogen-bond donors (Lipinski definition) is 0. The van der Waals surface area contributed by atoms with Gasteiger partial charge >= 0.3 is 0 Å². The van der Waals surface area contributed by atoms with Crippen LogP contribution in [0.5, 0.6) is 0 Å². The van der Waals surface area contributed by atoms with E-state index in [2.05, 4.69) is 16.1 Å². The molecule has 5 heteroatoms. The molecule has 0 radical (unpaired) electrons. The summed E-state index contributed by atoms with van der Waals surface area (Å²) in [4.78, 5) is 4.05. The van der Waals surface area contributed by atoms with Gasteiger partial charge in [0, 0.05) is 22.5 Å². The molecule has 1 unspecified atom stereocenters. The van der Waals surface area contributed by atoms with Crippen molar-refractivity contribution in [1.29, 1.82) is 0 Å². The van der Waals surface area contributed by atoms with Crippen LogP contribution in [0.2, 0.25) is 10.0 Å². The fraction of sp³-hybridized carbons (Fsp3) is 0.529. The molecular weight excluding hydrogens is 317 g/mol. The minimum Gasteiger partial charge on any atom is -0.252 e. The first-order chi connectivity index (χ1) is 10.7. The van der Waals surface area contributed by atoms with Crippen molar-refractivity contribution in [2.45, 2.75) is 51.0 Å². The van der Waals surface area contributed by atoms with Gasteiger partial charge in [0.05, 0.1) is 0 Å². The second kappa shape index (κ2) is 7.47. The molecule has 0 amide bonds. The van der Waals surface area contributed by atoms with Crippen molar-refractivity contribution in [3.8, 4) is 0 Å². The van der Waals surface area contributed by atoms with Crippen molar-refractivity contribution < 1.29 is 0 Å². The van der Waals surface area contributed by atoms with Crippen LogP contribution in [0.25, 0.3) is 0 Å². The molecule has 0 saturated heterocycles. The molecule has 1 aliphatic rings. The second-order valence-corrected chi connectivity index (χ2v) is 7.06. The molecule has 0 bridgehead atoms. The average Bonchev–Trinajstić information content (AvgIpc) is 3.01. The Balaban J connectivity index is 1.80. The molecule has 22 heavy (non-hydrogen) atoms. The minimum atomic E-state index is 0.356. The standard InChI is InChI=1S/C17H21Cl2N3/c18-15-6-7-16(17(19)9-15)14(10-22-12-20-11-21-22)8-13-4-2-1-3-5-13/h6-7,9,11-14H,1-5,8,10H2. The van der Waals surface area contributed by atoms with Crippen molar-refractivity contribution in [1.82, 2.24) is 14.8 Å². The smallest absolute Gasteiger partial charge is 0.137 e. The highest BCUT2D eigenvalue weighted by Crippen LogP contribution is 2.37. The van der Waals surface area contributed by atoms with Crippen LogP contribution in [-0.2, 0) is 6.54 Å². The Morgan fingerprint density at radius 3 is 2.68 bits per heavy atom. The van der Waals surface area contributed by atoms with Gasteiger partial charge in [-0.25, -0.2) is 4.98 Å². The minimum absolute atomic E-state index is 0.356. The van der Waals surface area contributed by atoms with Gasteiger partial charge < -0.3 is 0 Å². The molecule has 1 aliphatic carbocycles. The highest BCUT2D eigenvalue weighted by Gasteiger charge is 2.22. The molecule has 3 nitrogen and oxygen atoms in total. The molecule has 1 aromatic heterocycles. The third kappa shape index (κ3) is 4.02. The normalized spacial score (nSPS) is 17.5. The van der Waals surface area contributed by atoms with Gasteiger partial charge in [0.2, 0.25) is 0 Å². The summed E-state index contributed by atoms with van der Waals surface area (Å²) in [6, 6.07) is 5.83. The number of halogens is 2. The molecule has 118 valence electrons. The van der Waals surface area contributed by atoms with Crippen molar-refractivity contribution in [2.75, 3.05) is 0 Å². The van der Waals surface area contributed by atoms with Crippen molar-refractivity contribution in [3.05, 3.63) is 46.5 Å². The van der Waals surface area contributed by atoms with Gasteiger partial charge in [-0.1, -0.05) is 61.4 Å². The lowest BCUT2D eigenvalue weighted by Crippen LogP contribution is -2.16. The van der Waals surface area contributed by atoms with Crippen LogP contribution in [-0.4, -0.2) is 14.8 Å². The average molecular weight is 338 g/mol. The molecule has 0 N–H and O–H groups in total. The third-order valence-electron chi connectivity index (χ3n) is 4.62. The van der Waals surface area contributed by atoms with Crippen LogP contribution in [0.15, 0.2) is 30.9 Å². The van der Waals surface area contributed by atoms with E-state index in [1.54, 1.807) is 12.7 Å². The highest BCUT2D eigenvalue weighted by molar-refractivity contribution is 6.35. The Labute approximate surface area is 141 Å². The quantitative estimate of drug-likeness (QED) is 0.737. The van der Waals surface area contributed by atoms with Gasteiger partial charge in [-0.15, -0.1) is 0 Å². The first-order valence-electron chi connectivity index (χ1n) is 7.99. The Hall–Kier alpha value is -1.06. The van der Waals surface area contributed by atoms with E-state index in [1.165, 1.54) is 37.7 Å². The molecule has 1 heterocycles. The van der Waals surface area contributed by atoms with Gasteiger partial charge in [0.15, 0.2) is 0 Å². The van der Waals surface area contributed by atoms with Gasteiger partial charge in [-0.3, -0.25) is 4.68 Å². The maximum absolute atomic E-state index is 6.45. The topological polar surface area (TPSA) is 30.7 Å². The summed E-state index contributed by atoms with van der Waals surface area (Å²) in [5.74, 6) is 1.14. The number of nitrogens with zero attached hydrogens (tertiary/aromatic N) is 3. The molecule has 1 aromatic carbocycles. The van der Waals surface area contributed by atoms with Crippen LogP contribution in [0.1, 0.15) is 50.0 Å². The van der Waals surface area contributed by atoms with Crippen molar-refractivity contribution in [2.24, 2.45) is 5.92 Å². The first kappa shape index (κ1) is 15.8. The summed E-state index contributed by atoms with van der Waals surface area (Å²) in [7, 11) is 0. The maximum atomic E-state index is 6.45. The predicted molar refractivity (Wildman–Crippen MR) is 90.4 cm³/mol.